The van der Waals surface area contributed by atoms with Gasteiger partial charge in [0.15, 0.2) is 0 Å². The van der Waals surface area contributed by atoms with E-state index in [4.69, 9.17) is 4.74 Å². The van der Waals surface area contributed by atoms with Crippen molar-refractivity contribution in [2.24, 2.45) is 0 Å². The molecule has 6 heteroatoms. The molecule has 0 saturated heterocycles. The summed E-state index contributed by atoms with van der Waals surface area (Å²) in [4.78, 5) is 26.1. The van der Waals surface area contributed by atoms with Gasteiger partial charge in [-0.1, -0.05) is 35.9 Å². The van der Waals surface area contributed by atoms with Crippen LogP contribution in [0.1, 0.15) is 24.0 Å². The number of rotatable bonds is 6. The Morgan fingerprint density at radius 2 is 1.78 bits per heavy atom. The molecule has 2 aromatic carbocycles. The van der Waals surface area contributed by atoms with Gasteiger partial charge in [-0.3, -0.25) is 20.4 Å². The summed E-state index contributed by atoms with van der Waals surface area (Å²) >= 11 is 0. The van der Waals surface area contributed by atoms with Crippen LogP contribution in [-0.2, 0) is 16.0 Å². The van der Waals surface area contributed by atoms with Crippen LogP contribution in [0.3, 0.4) is 0 Å². The first kappa shape index (κ1) is 18.8. The average molecular weight is 367 g/mol. The number of fused-ring (bicyclic) bond motifs is 1. The fraction of sp³-hybridized carbons (Fsp3) is 0.333. The van der Waals surface area contributed by atoms with Crippen molar-refractivity contribution in [3.63, 3.8) is 0 Å². The van der Waals surface area contributed by atoms with Crippen molar-refractivity contribution in [3.05, 3.63) is 59.7 Å². The van der Waals surface area contributed by atoms with E-state index in [1.54, 1.807) is 0 Å². The number of nitrogens with zero attached hydrogens (tertiary/aromatic N) is 1. The number of ether oxygens (including phenoxy) is 1. The van der Waals surface area contributed by atoms with Crippen LogP contribution in [0.25, 0.3) is 0 Å². The van der Waals surface area contributed by atoms with Crippen LogP contribution in [0, 0.1) is 6.92 Å². The Kier molecular flexibility index (Phi) is 6.30. The maximum Gasteiger partial charge on any atom is 0.257 e. The number of para-hydroxylation sites is 1. The van der Waals surface area contributed by atoms with Gasteiger partial charge in [-0.25, -0.2) is 0 Å². The van der Waals surface area contributed by atoms with Crippen molar-refractivity contribution in [1.29, 1.82) is 0 Å². The Bertz CT molecular complexity index is 790. The Labute approximate surface area is 159 Å². The van der Waals surface area contributed by atoms with Gasteiger partial charge in [0.05, 0.1) is 19.6 Å². The molecule has 0 aromatic heterocycles. The first-order chi connectivity index (χ1) is 13.1. The number of amides is 2. The summed E-state index contributed by atoms with van der Waals surface area (Å²) in [6.07, 6.45) is 2.22. The minimum atomic E-state index is -0.283. The number of aryl methyl sites for hydroxylation is 2. The number of carbonyl (C=O) groups is 2. The summed E-state index contributed by atoms with van der Waals surface area (Å²) in [7, 11) is 0. The molecule has 0 spiro atoms. The molecule has 2 amide bonds. The first-order valence-electron chi connectivity index (χ1n) is 9.22. The number of benzene rings is 2. The molecule has 0 radical (unpaired) electrons. The van der Waals surface area contributed by atoms with Gasteiger partial charge in [0.2, 0.25) is 5.91 Å². The zero-order valence-electron chi connectivity index (χ0n) is 15.5. The lowest BCUT2D eigenvalue weighted by molar-refractivity contribution is -0.128. The second-order valence-corrected chi connectivity index (χ2v) is 6.66. The van der Waals surface area contributed by atoms with Crippen molar-refractivity contribution in [2.45, 2.75) is 26.2 Å². The van der Waals surface area contributed by atoms with E-state index in [0.717, 1.165) is 36.4 Å². The van der Waals surface area contributed by atoms with Gasteiger partial charge in [-0.2, -0.15) is 0 Å². The van der Waals surface area contributed by atoms with Crippen LogP contribution in [0.4, 0.5) is 5.69 Å². The Hall–Kier alpha value is -3.02. The maximum absolute atomic E-state index is 12.2. The number of anilines is 1. The summed E-state index contributed by atoms with van der Waals surface area (Å²) in [6.45, 7) is 3.31. The van der Waals surface area contributed by atoms with E-state index >= 15 is 0 Å². The molecule has 0 bridgehead atoms. The fourth-order valence-corrected chi connectivity index (χ4v) is 3.09. The van der Waals surface area contributed by atoms with Crippen LogP contribution in [-0.4, -0.2) is 31.5 Å². The van der Waals surface area contributed by atoms with Gasteiger partial charge in [0.25, 0.3) is 5.91 Å². The number of carbonyl (C=O) groups excluding carboxylic acids is 2. The van der Waals surface area contributed by atoms with E-state index in [1.807, 2.05) is 54.3 Å². The maximum atomic E-state index is 12.2. The van der Waals surface area contributed by atoms with Gasteiger partial charge in [0, 0.05) is 12.2 Å². The largest absolute Gasteiger partial charge is 0.493 e. The highest BCUT2D eigenvalue weighted by atomic mass is 16.5. The molecule has 1 aliphatic heterocycles. The van der Waals surface area contributed by atoms with Gasteiger partial charge in [-0.05, 0) is 43.5 Å². The highest BCUT2D eigenvalue weighted by Gasteiger charge is 2.18. The van der Waals surface area contributed by atoms with Crippen LogP contribution in [0.2, 0.25) is 0 Å². The fourth-order valence-electron chi connectivity index (χ4n) is 3.09. The lowest BCUT2D eigenvalue weighted by Gasteiger charge is -2.30. The van der Waals surface area contributed by atoms with Gasteiger partial charge in [0.1, 0.15) is 5.75 Å². The molecule has 6 nitrogen and oxygen atoms in total. The highest BCUT2D eigenvalue weighted by molar-refractivity contribution is 5.85. The zero-order chi connectivity index (χ0) is 19.1. The molecule has 3 rings (SSSR count). The third-order valence-electron chi connectivity index (χ3n) is 4.50. The summed E-state index contributed by atoms with van der Waals surface area (Å²) in [5, 5.41) is 0. The molecule has 1 aliphatic rings. The minimum absolute atomic E-state index is 0.167. The Morgan fingerprint density at radius 1 is 1.04 bits per heavy atom. The summed E-state index contributed by atoms with van der Waals surface area (Å²) in [5.74, 6) is 0.204. The molecule has 0 fully saturated rings. The van der Waals surface area contributed by atoms with E-state index in [-0.39, 0.29) is 31.4 Å². The normalized spacial score (nSPS) is 12.9. The summed E-state index contributed by atoms with van der Waals surface area (Å²) in [5.41, 5.74) is 8.43. The van der Waals surface area contributed by atoms with Gasteiger partial charge < -0.3 is 9.64 Å². The lowest BCUT2D eigenvalue weighted by atomic mass is 10.0. The second kappa shape index (κ2) is 9.07. The second-order valence-electron chi connectivity index (χ2n) is 6.66. The molecular weight excluding hydrogens is 342 g/mol. The van der Waals surface area contributed by atoms with Crippen molar-refractivity contribution in [3.8, 4) is 5.75 Å². The van der Waals surface area contributed by atoms with Crippen molar-refractivity contribution in [1.82, 2.24) is 10.9 Å². The van der Waals surface area contributed by atoms with Crippen molar-refractivity contribution >= 4 is 17.5 Å². The van der Waals surface area contributed by atoms with Crippen LogP contribution in [0.15, 0.2) is 48.5 Å². The molecule has 0 atom stereocenters. The van der Waals surface area contributed by atoms with Crippen LogP contribution < -0.4 is 20.5 Å². The zero-order valence-corrected chi connectivity index (χ0v) is 15.5. The first-order valence-corrected chi connectivity index (χ1v) is 9.22. The monoisotopic (exact) mass is 367 g/mol. The van der Waals surface area contributed by atoms with E-state index in [1.165, 1.54) is 5.56 Å². The van der Waals surface area contributed by atoms with E-state index in [2.05, 4.69) is 16.9 Å². The van der Waals surface area contributed by atoms with E-state index in [0.29, 0.717) is 0 Å². The molecule has 1 heterocycles. The molecule has 0 aliphatic carbocycles. The van der Waals surface area contributed by atoms with Crippen molar-refractivity contribution in [2.75, 3.05) is 24.6 Å². The molecule has 27 heavy (non-hydrogen) atoms. The molecule has 2 N–H and O–H groups in total. The summed E-state index contributed by atoms with van der Waals surface area (Å²) < 4.78 is 5.52. The lowest BCUT2D eigenvalue weighted by Crippen LogP contribution is -2.47. The summed E-state index contributed by atoms with van der Waals surface area (Å²) in [6, 6.07) is 15.8. The quantitative estimate of drug-likeness (QED) is 0.769. The van der Waals surface area contributed by atoms with Crippen molar-refractivity contribution < 1.29 is 14.3 Å². The third-order valence-corrected chi connectivity index (χ3v) is 4.50. The van der Waals surface area contributed by atoms with Gasteiger partial charge in [-0.15, -0.1) is 0 Å². The molecular formula is C21H25N3O3. The number of hydrazine groups is 1. The third kappa shape index (κ3) is 5.48. The number of hydrogen-bond donors (Lipinski definition) is 2. The smallest absolute Gasteiger partial charge is 0.257 e. The predicted molar refractivity (Wildman–Crippen MR) is 105 cm³/mol. The number of hydrogen-bond acceptors (Lipinski definition) is 4. The SMILES string of the molecule is Cc1ccc(OCCC(=O)NNC(=O)CN2CCCc3ccccc32)cc1. The standard InChI is InChI=1S/C21H25N3O3/c1-16-8-10-18(11-9-16)27-14-12-20(25)22-23-21(26)15-24-13-4-6-17-5-2-3-7-19(17)24/h2-3,5,7-11H,4,6,12-15H2,1H3,(H,22,25)(H,23,26). The van der Waals surface area contributed by atoms with Crippen LogP contribution >= 0.6 is 0 Å². The Balaban J connectivity index is 1.38. The molecule has 0 unspecified atom stereocenters. The molecule has 0 saturated carbocycles. The Morgan fingerprint density at radius 3 is 2.59 bits per heavy atom. The molecule has 142 valence electrons. The van der Waals surface area contributed by atoms with Crippen LogP contribution in [0.5, 0.6) is 5.75 Å². The highest BCUT2D eigenvalue weighted by Crippen LogP contribution is 2.26. The topological polar surface area (TPSA) is 70.7 Å². The van der Waals surface area contributed by atoms with E-state index < -0.39 is 0 Å². The number of nitrogens with one attached hydrogen (secondary N) is 2. The minimum Gasteiger partial charge on any atom is -0.493 e. The average Bonchev–Trinajstić information content (AvgIpc) is 2.68. The van der Waals surface area contributed by atoms with E-state index in [9.17, 15) is 9.59 Å². The van der Waals surface area contributed by atoms with Gasteiger partial charge >= 0.3 is 0 Å². The molecule has 2 aromatic rings. The predicted octanol–water partition coefficient (Wildman–Crippen LogP) is 2.36.